The second kappa shape index (κ2) is 5.26. The molecule has 4 nitrogen and oxygen atoms in total. The smallest absolute Gasteiger partial charge is 0.243 e. The molecule has 80 valence electrons. The molecule has 0 heterocycles. The van der Waals surface area contributed by atoms with Crippen LogP contribution in [0.1, 0.15) is 0 Å². The van der Waals surface area contributed by atoms with Crippen molar-refractivity contribution >= 4 is 17.5 Å². The van der Waals surface area contributed by atoms with Crippen LogP contribution in [0.15, 0.2) is 36.0 Å². The Labute approximate surface area is 92.5 Å². The Morgan fingerprint density at radius 1 is 1.33 bits per heavy atom. The minimum Gasteiger partial charge on any atom is -0.487 e. The number of ether oxygens (including phenoxy) is 1. The van der Waals surface area contributed by atoms with E-state index in [1.165, 1.54) is 0 Å². The molecule has 0 saturated carbocycles. The van der Waals surface area contributed by atoms with Crippen LogP contribution < -0.4 is 16.2 Å². The van der Waals surface area contributed by atoms with Crippen LogP contribution in [-0.2, 0) is 4.79 Å². The first-order chi connectivity index (χ1) is 7.08. The molecule has 1 aromatic carbocycles. The maximum atomic E-state index is 10.5. The highest BCUT2D eigenvalue weighted by Gasteiger charge is 1.96. The topological polar surface area (TPSA) is 78.3 Å². The normalized spacial score (nSPS) is 11.1. The third-order valence-electron chi connectivity index (χ3n) is 1.55. The summed E-state index contributed by atoms with van der Waals surface area (Å²) in [5.74, 6) is 0.0347. The molecule has 0 saturated heterocycles. The molecule has 0 aliphatic carbocycles. The van der Waals surface area contributed by atoms with Crippen LogP contribution in [-0.4, -0.2) is 12.5 Å². The predicted molar refractivity (Wildman–Crippen MR) is 58.4 cm³/mol. The summed E-state index contributed by atoms with van der Waals surface area (Å²) in [6, 6.07) is 6.81. The zero-order valence-electron chi connectivity index (χ0n) is 7.94. The Bertz CT molecular complexity index is 374. The maximum Gasteiger partial charge on any atom is 0.243 e. The molecule has 0 aliphatic heterocycles. The molecule has 0 aliphatic rings. The molecule has 0 bridgehead atoms. The van der Waals surface area contributed by atoms with Crippen LogP contribution >= 0.6 is 11.6 Å². The van der Waals surface area contributed by atoms with Crippen LogP contribution in [0.25, 0.3) is 0 Å². The van der Waals surface area contributed by atoms with E-state index in [1.54, 1.807) is 24.3 Å². The van der Waals surface area contributed by atoms with Gasteiger partial charge in [0.2, 0.25) is 5.91 Å². The van der Waals surface area contributed by atoms with Gasteiger partial charge in [0.25, 0.3) is 0 Å². The van der Waals surface area contributed by atoms with Crippen molar-refractivity contribution in [1.82, 2.24) is 0 Å². The van der Waals surface area contributed by atoms with Crippen LogP contribution in [0.5, 0.6) is 5.75 Å². The number of benzene rings is 1. The van der Waals surface area contributed by atoms with E-state index in [9.17, 15) is 4.79 Å². The summed E-state index contributed by atoms with van der Waals surface area (Å²) in [7, 11) is 0. The van der Waals surface area contributed by atoms with Crippen molar-refractivity contribution in [2.45, 2.75) is 0 Å². The van der Waals surface area contributed by atoms with Crippen LogP contribution in [0.4, 0.5) is 0 Å². The van der Waals surface area contributed by atoms with Crippen LogP contribution in [0, 0.1) is 0 Å². The number of primary amides is 1. The second-order valence-electron chi connectivity index (χ2n) is 2.86. The van der Waals surface area contributed by atoms with Gasteiger partial charge in [0, 0.05) is 11.1 Å². The van der Waals surface area contributed by atoms with Gasteiger partial charge in [-0.2, -0.15) is 0 Å². The van der Waals surface area contributed by atoms with Crippen molar-refractivity contribution in [3.8, 4) is 5.75 Å². The van der Waals surface area contributed by atoms with Gasteiger partial charge in [0.05, 0.1) is 5.70 Å². The summed E-state index contributed by atoms with van der Waals surface area (Å²) in [6.45, 7) is 0.116. The van der Waals surface area contributed by atoms with Crippen molar-refractivity contribution in [1.29, 1.82) is 0 Å². The lowest BCUT2D eigenvalue weighted by atomic mass is 10.3. The number of amides is 1. The first kappa shape index (κ1) is 11.4. The van der Waals surface area contributed by atoms with E-state index < -0.39 is 5.91 Å². The number of nitrogens with two attached hydrogens (primary N) is 2. The molecule has 0 unspecified atom stereocenters. The fourth-order valence-electron chi connectivity index (χ4n) is 0.922. The summed E-state index contributed by atoms with van der Waals surface area (Å²) in [5, 5.41) is 0.628. The van der Waals surface area contributed by atoms with Gasteiger partial charge in [-0.3, -0.25) is 4.79 Å². The van der Waals surface area contributed by atoms with Gasteiger partial charge in [-0.25, -0.2) is 0 Å². The Morgan fingerprint density at radius 2 is 1.93 bits per heavy atom. The van der Waals surface area contributed by atoms with E-state index in [1.807, 2.05) is 0 Å². The molecule has 15 heavy (non-hydrogen) atoms. The van der Waals surface area contributed by atoms with E-state index in [-0.39, 0.29) is 12.3 Å². The second-order valence-corrected chi connectivity index (χ2v) is 3.30. The molecule has 0 fully saturated rings. The molecule has 0 aromatic heterocycles. The number of halogens is 1. The van der Waals surface area contributed by atoms with Crippen LogP contribution in [0.2, 0.25) is 5.02 Å². The number of rotatable bonds is 4. The zero-order chi connectivity index (χ0) is 11.3. The summed E-state index contributed by atoms with van der Waals surface area (Å²) in [5.41, 5.74) is 10.7. The number of carbonyl (C=O) groups is 1. The molecule has 5 heteroatoms. The average Bonchev–Trinajstić information content (AvgIpc) is 2.16. The maximum absolute atomic E-state index is 10.5. The Balaban J connectivity index is 2.50. The molecule has 1 amide bonds. The Kier molecular flexibility index (Phi) is 4.00. The van der Waals surface area contributed by atoms with Crippen molar-refractivity contribution in [2.75, 3.05) is 6.61 Å². The molecule has 0 radical (unpaired) electrons. The molecule has 4 N–H and O–H groups in total. The largest absolute Gasteiger partial charge is 0.487 e. The minimum absolute atomic E-state index is 0.116. The summed E-state index contributed by atoms with van der Waals surface area (Å²) >= 11 is 5.69. The molecule has 0 spiro atoms. The highest BCUT2D eigenvalue weighted by Crippen LogP contribution is 2.15. The zero-order valence-corrected chi connectivity index (χ0v) is 8.70. The lowest BCUT2D eigenvalue weighted by Crippen LogP contribution is -2.15. The fraction of sp³-hybridized carbons (Fsp3) is 0.100. The lowest BCUT2D eigenvalue weighted by Gasteiger charge is -2.05. The van der Waals surface area contributed by atoms with Gasteiger partial charge in [-0.05, 0) is 24.3 Å². The third-order valence-corrected chi connectivity index (χ3v) is 1.80. The van der Waals surface area contributed by atoms with Gasteiger partial charge in [0.15, 0.2) is 0 Å². The first-order valence-corrected chi connectivity index (χ1v) is 4.59. The summed E-state index contributed by atoms with van der Waals surface area (Å²) in [4.78, 5) is 10.5. The fourth-order valence-corrected chi connectivity index (χ4v) is 1.05. The van der Waals surface area contributed by atoms with Gasteiger partial charge in [-0.1, -0.05) is 11.6 Å². The lowest BCUT2D eigenvalue weighted by molar-refractivity contribution is -0.113. The summed E-state index contributed by atoms with van der Waals surface area (Å²) in [6.07, 6.45) is 1.12. The van der Waals surface area contributed by atoms with Crippen molar-refractivity contribution in [2.24, 2.45) is 11.5 Å². The third kappa shape index (κ3) is 4.37. The van der Waals surface area contributed by atoms with Gasteiger partial charge in [0.1, 0.15) is 12.4 Å². The van der Waals surface area contributed by atoms with Crippen LogP contribution in [0.3, 0.4) is 0 Å². The SMILES string of the molecule is NC(=O)/C=C(\N)COc1ccc(Cl)cc1. The van der Waals surface area contributed by atoms with E-state index in [2.05, 4.69) is 0 Å². The highest BCUT2D eigenvalue weighted by atomic mass is 35.5. The van der Waals surface area contributed by atoms with Crippen molar-refractivity contribution < 1.29 is 9.53 Å². The number of hydrogen-bond donors (Lipinski definition) is 2. The first-order valence-electron chi connectivity index (χ1n) is 4.22. The monoisotopic (exact) mass is 226 g/mol. The Morgan fingerprint density at radius 3 is 2.47 bits per heavy atom. The van der Waals surface area contributed by atoms with Gasteiger partial charge >= 0.3 is 0 Å². The molecule has 1 rings (SSSR count). The highest BCUT2D eigenvalue weighted by molar-refractivity contribution is 6.30. The van der Waals surface area contributed by atoms with E-state index in [0.717, 1.165) is 6.08 Å². The van der Waals surface area contributed by atoms with Gasteiger partial charge < -0.3 is 16.2 Å². The Hall–Kier alpha value is -1.68. The summed E-state index contributed by atoms with van der Waals surface area (Å²) < 4.78 is 5.26. The average molecular weight is 227 g/mol. The van der Waals surface area contributed by atoms with E-state index in [4.69, 9.17) is 27.8 Å². The van der Waals surface area contributed by atoms with E-state index >= 15 is 0 Å². The van der Waals surface area contributed by atoms with E-state index in [0.29, 0.717) is 10.8 Å². The minimum atomic E-state index is -0.591. The predicted octanol–water partition coefficient (Wildman–Crippen LogP) is 1.05. The molecule has 0 atom stereocenters. The van der Waals surface area contributed by atoms with Gasteiger partial charge in [-0.15, -0.1) is 0 Å². The van der Waals surface area contributed by atoms with Crippen molar-refractivity contribution in [3.63, 3.8) is 0 Å². The molecular weight excluding hydrogens is 216 g/mol. The standard InChI is InChI=1S/C10H11ClN2O2/c11-7-1-3-9(4-2-7)15-6-8(12)5-10(13)14/h1-5H,6,12H2,(H2,13,14)/b8-5-. The molecule has 1 aromatic rings. The quantitative estimate of drug-likeness (QED) is 0.754. The number of hydrogen-bond acceptors (Lipinski definition) is 3. The molecular formula is C10H11ClN2O2. The number of carbonyl (C=O) groups excluding carboxylic acids is 1. The van der Waals surface area contributed by atoms with Crippen molar-refractivity contribution in [3.05, 3.63) is 41.1 Å².